The summed E-state index contributed by atoms with van der Waals surface area (Å²) in [6, 6.07) is 19.5. The monoisotopic (exact) mass is 437 g/mol. The summed E-state index contributed by atoms with van der Waals surface area (Å²) in [5.41, 5.74) is 2.80. The maximum Gasteiger partial charge on any atom is 0.268 e. The van der Waals surface area contributed by atoms with Gasteiger partial charge in [-0.3, -0.25) is 14.2 Å². The van der Waals surface area contributed by atoms with Crippen molar-refractivity contribution >= 4 is 35.1 Å². The first-order valence-electron chi connectivity index (χ1n) is 9.92. The summed E-state index contributed by atoms with van der Waals surface area (Å²) in [4.78, 5) is 31.1. The largest absolute Gasteiger partial charge is 0.325 e. The molecule has 0 saturated carbocycles. The van der Waals surface area contributed by atoms with Gasteiger partial charge in [-0.25, -0.2) is 4.98 Å². The van der Waals surface area contributed by atoms with Crippen molar-refractivity contribution in [3.63, 3.8) is 0 Å². The number of carbonyl (C=O) groups excluding carboxylic acids is 1. The minimum Gasteiger partial charge on any atom is -0.325 e. The van der Waals surface area contributed by atoms with Crippen LogP contribution in [0.4, 0.5) is 5.69 Å². The molecule has 1 aliphatic rings. The molecule has 4 rings (SSSR count). The third-order valence-electron chi connectivity index (χ3n) is 4.82. The molecule has 0 spiro atoms. The van der Waals surface area contributed by atoms with Crippen LogP contribution in [0.3, 0.4) is 0 Å². The van der Waals surface area contributed by atoms with Crippen molar-refractivity contribution in [1.29, 1.82) is 0 Å². The summed E-state index contributed by atoms with van der Waals surface area (Å²) in [5, 5.41) is 3.85. The normalized spacial score (nSPS) is 15.0. The number of amides is 1. The Labute approximate surface area is 184 Å². The number of benzene rings is 2. The van der Waals surface area contributed by atoms with E-state index in [1.54, 1.807) is 16.3 Å². The molecular formula is C23H23N3O2S2. The Morgan fingerprint density at radius 1 is 1.17 bits per heavy atom. The molecule has 5 nitrogen and oxygen atoms in total. The second-order valence-corrected chi connectivity index (χ2v) is 9.59. The first-order valence-corrected chi connectivity index (χ1v) is 11.8. The van der Waals surface area contributed by atoms with E-state index in [9.17, 15) is 9.59 Å². The maximum absolute atomic E-state index is 13.2. The highest BCUT2D eigenvalue weighted by atomic mass is 32.2. The van der Waals surface area contributed by atoms with Crippen LogP contribution in [0.5, 0.6) is 0 Å². The highest BCUT2D eigenvalue weighted by Crippen LogP contribution is 2.34. The molecule has 0 saturated heterocycles. The minimum absolute atomic E-state index is 0.0104. The smallest absolute Gasteiger partial charge is 0.268 e. The summed E-state index contributed by atoms with van der Waals surface area (Å²) < 4.78 is 1.73. The Kier molecular flexibility index (Phi) is 6.59. The van der Waals surface area contributed by atoms with Gasteiger partial charge in [-0.1, -0.05) is 67.2 Å². The number of nitrogens with zero attached hydrogens (tertiary/aromatic N) is 2. The molecule has 0 fully saturated rings. The number of rotatable bonds is 7. The van der Waals surface area contributed by atoms with Crippen LogP contribution in [0, 0.1) is 0 Å². The first-order chi connectivity index (χ1) is 14.6. The number of anilines is 1. The van der Waals surface area contributed by atoms with Gasteiger partial charge in [0.05, 0.1) is 16.3 Å². The van der Waals surface area contributed by atoms with Gasteiger partial charge in [0, 0.05) is 23.9 Å². The van der Waals surface area contributed by atoms with Gasteiger partial charge in [-0.2, -0.15) is 0 Å². The standard InChI is InChI=1S/C23H23N3O2S2/c1-16-14-19-21(30-16)22(28)26(13-12-17-8-4-2-5-9-17)23(25-19)29-15-20(27)24-18-10-6-3-7-11-18/h2-11,16H,12-15H2,1H3,(H,24,27). The van der Waals surface area contributed by atoms with Crippen LogP contribution in [0.15, 0.2) is 75.5 Å². The van der Waals surface area contributed by atoms with Crippen LogP contribution in [-0.4, -0.2) is 26.5 Å². The molecule has 0 aliphatic carbocycles. The van der Waals surface area contributed by atoms with Crippen LogP contribution in [0.1, 0.15) is 18.2 Å². The Morgan fingerprint density at radius 2 is 1.87 bits per heavy atom. The third kappa shape index (κ3) is 4.96. The summed E-state index contributed by atoms with van der Waals surface area (Å²) >= 11 is 2.93. The van der Waals surface area contributed by atoms with Crippen molar-refractivity contribution in [1.82, 2.24) is 9.55 Å². The number of aromatic nitrogens is 2. The lowest BCUT2D eigenvalue weighted by Gasteiger charge is -2.14. The Balaban J connectivity index is 1.53. The molecule has 3 aromatic rings. The topological polar surface area (TPSA) is 64.0 Å². The second kappa shape index (κ2) is 9.53. The zero-order chi connectivity index (χ0) is 20.9. The van der Waals surface area contributed by atoms with E-state index in [1.165, 1.54) is 17.3 Å². The third-order valence-corrected chi connectivity index (χ3v) is 7.01. The summed E-state index contributed by atoms with van der Waals surface area (Å²) in [6.45, 7) is 2.65. The molecule has 1 N–H and O–H groups in total. The van der Waals surface area contributed by atoms with Crippen LogP contribution >= 0.6 is 23.5 Å². The lowest BCUT2D eigenvalue weighted by atomic mass is 10.1. The molecular weight excluding hydrogens is 414 g/mol. The predicted molar refractivity (Wildman–Crippen MR) is 123 cm³/mol. The lowest BCUT2D eigenvalue weighted by Crippen LogP contribution is -2.27. The van der Waals surface area contributed by atoms with Crippen molar-refractivity contribution in [2.75, 3.05) is 11.1 Å². The molecule has 154 valence electrons. The molecule has 2 heterocycles. The average molecular weight is 438 g/mol. The van der Waals surface area contributed by atoms with Crippen molar-refractivity contribution < 1.29 is 4.79 Å². The van der Waals surface area contributed by atoms with E-state index in [-0.39, 0.29) is 17.2 Å². The highest BCUT2D eigenvalue weighted by Gasteiger charge is 2.26. The molecule has 1 amide bonds. The van der Waals surface area contributed by atoms with Crippen molar-refractivity contribution in [2.45, 2.75) is 41.6 Å². The molecule has 1 aromatic heterocycles. The number of para-hydroxylation sites is 1. The van der Waals surface area contributed by atoms with Gasteiger partial charge in [0.2, 0.25) is 5.91 Å². The number of thioether (sulfide) groups is 2. The van der Waals surface area contributed by atoms with Crippen LogP contribution in [-0.2, 0) is 24.2 Å². The van der Waals surface area contributed by atoms with Gasteiger partial charge in [0.25, 0.3) is 5.56 Å². The summed E-state index contributed by atoms with van der Waals surface area (Å²) in [6.07, 6.45) is 1.53. The summed E-state index contributed by atoms with van der Waals surface area (Å²) in [5.74, 6) is 0.0898. The number of hydrogen-bond donors (Lipinski definition) is 1. The predicted octanol–water partition coefficient (Wildman–Crippen LogP) is 4.25. The molecule has 0 bridgehead atoms. The van der Waals surface area contributed by atoms with Gasteiger partial charge in [0.1, 0.15) is 0 Å². The molecule has 2 aromatic carbocycles. The van der Waals surface area contributed by atoms with Crippen molar-refractivity contribution in [3.05, 3.63) is 82.3 Å². The second-order valence-electron chi connectivity index (χ2n) is 7.20. The molecule has 1 atom stereocenters. The average Bonchev–Trinajstić information content (AvgIpc) is 3.14. The molecule has 7 heteroatoms. The van der Waals surface area contributed by atoms with E-state index in [2.05, 4.69) is 24.4 Å². The SMILES string of the molecule is CC1Cc2nc(SCC(=O)Nc3ccccc3)n(CCc3ccccc3)c(=O)c2S1. The highest BCUT2D eigenvalue weighted by molar-refractivity contribution is 8.00. The van der Waals surface area contributed by atoms with Gasteiger partial charge in [0.15, 0.2) is 5.16 Å². The number of hydrogen-bond acceptors (Lipinski definition) is 5. The van der Waals surface area contributed by atoms with Gasteiger partial charge in [-0.15, -0.1) is 11.8 Å². The van der Waals surface area contributed by atoms with E-state index in [0.717, 1.165) is 29.1 Å². The number of aryl methyl sites for hydroxylation is 1. The zero-order valence-corrected chi connectivity index (χ0v) is 18.3. The molecule has 1 unspecified atom stereocenters. The van der Waals surface area contributed by atoms with Crippen LogP contribution in [0.25, 0.3) is 0 Å². The van der Waals surface area contributed by atoms with E-state index in [1.807, 2.05) is 48.5 Å². The fourth-order valence-electron chi connectivity index (χ4n) is 3.37. The minimum atomic E-state index is -0.113. The molecule has 0 radical (unpaired) electrons. The Morgan fingerprint density at radius 3 is 2.60 bits per heavy atom. The number of carbonyl (C=O) groups is 1. The summed E-state index contributed by atoms with van der Waals surface area (Å²) in [7, 11) is 0. The maximum atomic E-state index is 13.2. The lowest BCUT2D eigenvalue weighted by molar-refractivity contribution is -0.113. The number of fused-ring (bicyclic) bond motifs is 1. The number of nitrogens with one attached hydrogen (secondary N) is 1. The Hall–Kier alpha value is -2.51. The Bertz CT molecular complexity index is 1080. The van der Waals surface area contributed by atoms with E-state index in [4.69, 9.17) is 4.98 Å². The zero-order valence-electron chi connectivity index (χ0n) is 16.7. The molecule has 1 aliphatic heterocycles. The van der Waals surface area contributed by atoms with Crippen LogP contribution < -0.4 is 10.9 Å². The van der Waals surface area contributed by atoms with Gasteiger partial charge in [-0.05, 0) is 24.1 Å². The quantitative estimate of drug-likeness (QED) is 0.442. The van der Waals surface area contributed by atoms with Crippen LogP contribution in [0.2, 0.25) is 0 Å². The van der Waals surface area contributed by atoms with Gasteiger partial charge < -0.3 is 5.32 Å². The first kappa shape index (κ1) is 20.8. The van der Waals surface area contributed by atoms with Gasteiger partial charge >= 0.3 is 0 Å². The fraction of sp³-hybridized carbons (Fsp3) is 0.261. The van der Waals surface area contributed by atoms with Crippen molar-refractivity contribution in [3.8, 4) is 0 Å². The van der Waals surface area contributed by atoms with E-state index < -0.39 is 0 Å². The van der Waals surface area contributed by atoms with E-state index in [0.29, 0.717) is 17.0 Å². The van der Waals surface area contributed by atoms with E-state index >= 15 is 0 Å². The molecule has 30 heavy (non-hydrogen) atoms. The fourth-order valence-corrected chi connectivity index (χ4v) is 5.33. The van der Waals surface area contributed by atoms with Crippen molar-refractivity contribution in [2.24, 2.45) is 0 Å².